The fraction of sp³-hybridized carbons (Fsp3) is 0.625. The molecule has 2 atom stereocenters. The molecule has 0 bridgehead atoms. The molecule has 1 aromatic rings. The van der Waals surface area contributed by atoms with Crippen LogP contribution >= 0.6 is 0 Å². The Labute approximate surface area is 111 Å². The third-order valence-electron chi connectivity index (χ3n) is 3.77. The van der Waals surface area contributed by atoms with Gasteiger partial charge in [-0.15, -0.1) is 0 Å². The monoisotopic (exact) mass is 246 g/mol. The van der Waals surface area contributed by atoms with E-state index >= 15 is 0 Å². The van der Waals surface area contributed by atoms with Crippen LogP contribution in [-0.4, -0.2) is 30.6 Å². The van der Waals surface area contributed by atoms with Crippen LogP contribution in [0.2, 0.25) is 0 Å². The molecule has 2 nitrogen and oxygen atoms in total. The highest BCUT2D eigenvalue weighted by Crippen LogP contribution is 2.25. The molecule has 2 heteroatoms. The molecule has 0 aliphatic carbocycles. The van der Waals surface area contributed by atoms with Gasteiger partial charge in [0.2, 0.25) is 0 Å². The fourth-order valence-electron chi connectivity index (χ4n) is 2.83. The van der Waals surface area contributed by atoms with E-state index < -0.39 is 0 Å². The Morgan fingerprint density at radius 1 is 1.28 bits per heavy atom. The molecule has 1 heterocycles. The average Bonchev–Trinajstić information content (AvgIpc) is 2.39. The molecule has 1 aromatic carbocycles. The summed E-state index contributed by atoms with van der Waals surface area (Å²) in [5, 5.41) is 3.68. The summed E-state index contributed by atoms with van der Waals surface area (Å²) in [6, 6.07) is 12.1. The first-order valence-corrected chi connectivity index (χ1v) is 7.23. The van der Waals surface area contributed by atoms with E-state index in [4.69, 9.17) is 0 Å². The summed E-state index contributed by atoms with van der Waals surface area (Å²) in [5.74, 6) is 0.729. The Bertz CT molecular complexity index is 347. The first kappa shape index (κ1) is 13.6. The minimum absolute atomic E-state index is 0.538. The number of nitrogens with zero attached hydrogens (tertiary/aromatic N) is 1. The molecule has 0 saturated carbocycles. The zero-order valence-corrected chi connectivity index (χ0v) is 11.9. The topological polar surface area (TPSA) is 15.3 Å². The van der Waals surface area contributed by atoms with E-state index in [1.807, 2.05) is 0 Å². The van der Waals surface area contributed by atoms with Crippen molar-refractivity contribution in [2.45, 2.75) is 39.3 Å². The van der Waals surface area contributed by atoms with Crippen LogP contribution in [0.5, 0.6) is 0 Å². The minimum Gasteiger partial charge on any atom is -0.311 e. The second kappa shape index (κ2) is 6.35. The summed E-state index contributed by atoms with van der Waals surface area (Å²) in [7, 11) is 0. The van der Waals surface area contributed by atoms with Crippen LogP contribution in [-0.2, 0) is 0 Å². The van der Waals surface area contributed by atoms with Gasteiger partial charge < -0.3 is 5.32 Å². The SMILES string of the molecule is CCC1CN(CC(C)C)C(c2ccccc2)CN1. The molecule has 1 fully saturated rings. The maximum Gasteiger partial charge on any atom is 0.0473 e. The molecule has 0 radical (unpaired) electrons. The number of nitrogens with one attached hydrogen (secondary N) is 1. The molecule has 0 spiro atoms. The Hall–Kier alpha value is -0.860. The summed E-state index contributed by atoms with van der Waals surface area (Å²) in [5.41, 5.74) is 1.44. The molecule has 2 unspecified atom stereocenters. The van der Waals surface area contributed by atoms with E-state index in [9.17, 15) is 0 Å². The highest BCUT2D eigenvalue weighted by atomic mass is 15.2. The molecule has 0 aromatic heterocycles. The van der Waals surface area contributed by atoms with Crippen LogP contribution in [0.15, 0.2) is 30.3 Å². The van der Waals surface area contributed by atoms with E-state index in [0.717, 1.165) is 12.5 Å². The van der Waals surface area contributed by atoms with Gasteiger partial charge in [-0.2, -0.15) is 0 Å². The average molecular weight is 246 g/mol. The van der Waals surface area contributed by atoms with Crippen LogP contribution in [0.1, 0.15) is 38.8 Å². The van der Waals surface area contributed by atoms with Crippen molar-refractivity contribution < 1.29 is 0 Å². The van der Waals surface area contributed by atoms with Crippen molar-refractivity contribution in [3.8, 4) is 0 Å². The van der Waals surface area contributed by atoms with E-state index in [2.05, 4.69) is 61.3 Å². The lowest BCUT2D eigenvalue weighted by molar-refractivity contribution is 0.114. The zero-order valence-electron chi connectivity index (χ0n) is 11.9. The van der Waals surface area contributed by atoms with Crippen molar-refractivity contribution in [1.29, 1.82) is 0 Å². The quantitative estimate of drug-likeness (QED) is 0.878. The van der Waals surface area contributed by atoms with Gasteiger partial charge in [0.1, 0.15) is 0 Å². The first-order valence-electron chi connectivity index (χ1n) is 7.23. The number of piperazine rings is 1. The van der Waals surface area contributed by atoms with Crippen LogP contribution in [0.4, 0.5) is 0 Å². The van der Waals surface area contributed by atoms with Gasteiger partial charge >= 0.3 is 0 Å². The predicted octanol–water partition coefficient (Wildman–Crippen LogP) is 3.07. The molecule has 1 N–H and O–H groups in total. The number of benzene rings is 1. The van der Waals surface area contributed by atoms with Crippen molar-refractivity contribution in [3.05, 3.63) is 35.9 Å². The second-order valence-electron chi connectivity index (χ2n) is 5.79. The normalized spacial score (nSPS) is 25.6. The summed E-state index contributed by atoms with van der Waals surface area (Å²) in [6.45, 7) is 10.3. The summed E-state index contributed by atoms with van der Waals surface area (Å²) in [4.78, 5) is 2.66. The van der Waals surface area contributed by atoms with Gasteiger partial charge in [0.15, 0.2) is 0 Å². The molecule has 0 amide bonds. The van der Waals surface area contributed by atoms with Crippen molar-refractivity contribution >= 4 is 0 Å². The molecule has 1 aliphatic rings. The van der Waals surface area contributed by atoms with Gasteiger partial charge in [0.05, 0.1) is 0 Å². The Balaban J connectivity index is 2.12. The highest BCUT2D eigenvalue weighted by Gasteiger charge is 2.28. The minimum atomic E-state index is 0.538. The largest absolute Gasteiger partial charge is 0.311 e. The van der Waals surface area contributed by atoms with Crippen LogP contribution in [0.3, 0.4) is 0 Å². The smallest absolute Gasteiger partial charge is 0.0473 e. The van der Waals surface area contributed by atoms with Crippen molar-refractivity contribution in [1.82, 2.24) is 10.2 Å². The summed E-state index contributed by atoms with van der Waals surface area (Å²) in [6.07, 6.45) is 1.22. The van der Waals surface area contributed by atoms with E-state index in [-0.39, 0.29) is 0 Å². The molecule has 2 rings (SSSR count). The van der Waals surface area contributed by atoms with E-state index in [1.54, 1.807) is 0 Å². The van der Waals surface area contributed by atoms with Gasteiger partial charge in [-0.3, -0.25) is 4.90 Å². The van der Waals surface area contributed by atoms with Crippen molar-refractivity contribution in [2.24, 2.45) is 5.92 Å². The third kappa shape index (κ3) is 3.33. The molecular weight excluding hydrogens is 220 g/mol. The Kier molecular flexibility index (Phi) is 4.79. The van der Waals surface area contributed by atoms with E-state index in [0.29, 0.717) is 12.1 Å². The fourth-order valence-corrected chi connectivity index (χ4v) is 2.83. The lowest BCUT2D eigenvalue weighted by Crippen LogP contribution is -2.52. The molecule has 1 aliphatic heterocycles. The molecule has 100 valence electrons. The predicted molar refractivity (Wildman–Crippen MR) is 77.7 cm³/mol. The Morgan fingerprint density at radius 2 is 2.00 bits per heavy atom. The number of hydrogen-bond donors (Lipinski definition) is 1. The summed E-state index contributed by atoms with van der Waals surface area (Å²) < 4.78 is 0. The number of hydrogen-bond acceptors (Lipinski definition) is 2. The molecule has 1 saturated heterocycles. The van der Waals surface area contributed by atoms with Gasteiger partial charge in [-0.1, -0.05) is 51.1 Å². The van der Waals surface area contributed by atoms with Crippen molar-refractivity contribution in [3.63, 3.8) is 0 Å². The van der Waals surface area contributed by atoms with Gasteiger partial charge in [0.25, 0.3) is 0 Å². The Morgan fingerprint density at radius 3 is 2.61 bits per heavy atom. The maximum absolute atomic E-state index is 3.68. The molecular formula is C16H26N2. The van der Waals surface area contributed by atoms with Crippen LogP contribution in [0.25, 0.3) is 0 Å². The van der Waals surface area contributed by atoms with Gasteiger partial charge in [0, 0.05) is 31.7 Å². The summed E-state index contributed by atoms with van der Waals surface area (Å²) >= 11 is 0. The van der Waals surface area contributed by atoms with Gasteiger partial charge in [-0.05, 0) is 17.9 Å². The van der Waals surface area contributed by atoms with Crippen molar-refractivity contribution in [2.75, 3.05) is 19.6 Å². The van der Waals surface area contributed by atoms with Crippen LogP contribution in [0, 0.1) is 5.92 Å². The maximum atomic E-state index is 3.68. The third-order valence-corrected chi connectivity index (χ3v) is 3.77. The van der Waals surface area contributed by atoms with E-state index in [1.165, 1.54) is 25.1 Å². The zero-order chi connectivity index (χ0) is 13.0. The lowest BCUT2D eigenvalue weighted by atomic mass is 9.99. The standard InChI is InChI=1S/C16H26N2/c1-4-15-12-18(11-13(2)3)16(10-17-15)14-8-6-5-7-9-14/h5-9,13,15-17H,4,10-12H2,1-3H3. The lowest BCUT2D eigenvalue weighted by Gasteiger charge is -2.41. The van der Waals surface area contributed by atoms with Crippen LogP contribution < -0.4 is 5.32 Å². The van der Waals surface area contributed by atoms with Gasteiger partial charge in [-0.25, -0.2) is 0 Å². The first-order chi connectivity index (χ1) is 8.70. The number of rotatable bonds is 4. The second-order valence-corrected chi connectivity index (χ2v) is 5.79. The molecule has 18 heavy (non-hydrogen) atoms. The highest BCUT2D eigenvalue weighted by molar-refractivity contribution is 5.20.